The first kappa shape index (κ1) is 15.6. The fraction of sp³-hybridized carbons (Fsp3) is 0.375. The molecule has 0 radical (unpaired) electrons. The van der Waals surface area contributed by atoms with Gasteiger partial charge in [0.15, 0.2) is 0 Å². The summed E-state index contributed by atoms with van der Waals surface area (Å²) < 4.78 is 5.42. The van der Waals surface area contributed by atoms with Crippen molar-refractivity contribution in [3.8, 4) is 5.75 Å². The summed E-state index contributed by atoms with van der Waals surface area (Å²) in [7, 11) is 1.69. The van der Waals surface area contributed by atoms with Gasteiger partial charge in [0.25, 0.3) is 0 Å². The van der Waals surface area contributed by atoms with E-state index in [4.69, 9.17) is 4.74 Å². The average Bonchev–Trinajstić information content (AvgIpc) is 2.51. The molecule has 0 amide bonds. The van der Waals surface area contributed by atoms with Gasteiger partial charge < -0.3 is 10.1 Å². The van der Waals surface area contributed by atoms with Crippen LogP contribution >= 0.6 is 11.8 Å². The Morgan fingerprint density at radius 3 is 2.71 bits per heavy atom. The first-order valence-corrected chi connectivity index (χ1v) is 8.00. The van der Waals surface area contributed by atoms with Crippen molar-refractivity contribution in [3.63, 3.8) is 0 Å². The van der Waals surface area contributed by atoms with Crippen molar-refractivity contribution in [2.45, 2.75) is 36.6 Å². The molecule has 0 saturated carbocycles. The third kappa shape index (κ3) is 3.88. The Morgan fingerprint density at radius 1 is 1.19 bits per heavy atom. The zero-order valence-electron chi connectivity index (χ0n) is 12.7. The smallest absolute Gasteiger partial charge is 0.133 e. The van der Waals surface area contributed by atoms with Crippen LogP contribution in [0.5, 0.6) is 5.75 Å². The van der Waals surface area contributed by atoms with Crippen molar-refractivity contribution in [3.05, 3.63) is 36.2 Å². The molecule has 1 aromatic carbocycles. The van der Waals surface area contributed by atoms with Gasteiger partial charge >= 0.3 is 0 Å². The number of ether oxygens (including phenoxy) is 1. The molecule has 2 aromatic rings. The molecule has 0 aliphatic rings. The maximum Gasteiger partial charge on any atom is 0.133 e. The van der Waals surface area contributed by atoms with Crippen molar-refractivity contribution < 1.29 is 4.74 Å². The molecular weight excluding hydrogens is 282 g/mol. The zero-order valence-corrected chi connectivity index (χ0v) is 13.5. The standard InChI is InChI=1S/C16H21N3OS/c1-4-8-12-15(17-5-2)18-11-19-16(12)21-14-10-7-6-9-13(14)20-3/h6-7,9-11H,4-5,8H2,1-3H3,(H,17,18,19). The highest BCUT2D eigenvalue weighted by Gasteiger charge is 2.13. The van der Waals surface area contributed by atoms with Crippen LogP contribution in [-0.2, 0) is 6.42 Å². The molecule has 0 atom stereocenters. The molecule has 1 N–H and O–H groups in total. The van der Waals surface area contributed by atoms with Crippen molar-refractivity contribution >= 4 is 17.6 Å². The fourth-order valence-electron chi connectivity index (χ4n) is 2.09. The Balaban J connectivity index is 2.36. The molecule has 0 spiro atoms. The summed E-state index contributed by atoms with van der Waals surface area (Å²) in [5, 5.41) is 4.31. The number of aromatic nitrogens is 2. The summed E-state index contributed by atoms with van der Waals surface area (Å²) in [6.45, 7) is 5.09. The number of benzene rings is 1. The fourth-order valence-corrected chi connectivity index (χ4v) is 3.12. The number of nitrogens with one attached hydrogen (secondary N) is 1. The van der Waals surface area contributed by atoms with E-state index < -0.39 is 0 Å². The van der Waals surface area contributed by atoms with Crippen molar-refractivity contribution in [2.24, 2.45) is 0 Å². The molecule has 1 aromatic heterocycles. The lowest BCUT2D eigenvalue weighted by Crippen LogP contribution is -2.06. The van der Waals surface area contributed by atoms with Crippen LogP contribution in [0, 0.1) is 0 Å². The summed E-state index contributed by atoms with van der Waals surface area (Å²) in [6, 6.07) is 8.00. The van der Waals surface area contributed by atoms with Crippen LogP contribution in [0.2, 0.25) is 0 Å². The molecule has 21 heavy (non-hydrogen) atoms. The second-order valence-electron chi connectivity index (χ2n) is 4.54. The van der Waals surface area contributed by atoms with E-state index >= 15 is 0 Å². The first-order valence-electron chi connectivity index (χ1n) is 7.18. The van der Waals surface area contributed by atoms with E-state index in [-0.39, 0.29) is 0 Å². The topological polar surface area (TPSA) is 47.0 Å². The average molecular weight is 303 g/mol. The first-order chi connectivity index (χ1) is 10.3. The molecule has 1 heterocycles. The minimum Gasteiger partial charge on any atom is -0.496 e. The van der Waals surface area contributed by atoms with E-state index in [0.29, 0.717) is 0 Å². The minimum absolute atomic E-state index is 0.854. The molecule has 0 unspecified atom stereocenters. The van der Waals surface area contributed by atoms with Crippen LogP contribution in [0.1, 0.15) is 25.8 Å². The molecular formula is C16H21N3OS. The van der Waals surface area contributed by atoms with Gasteiger partial charge in [0.2, 0.25) is 0 Å². The Hall–Kier alpha value is -1.75. The van der Waals surface area contributed by atoms with Gasteiger partial charge in [-0.25, -0.2) is 9.97 Å². The summed E-state index contributed by atoms with van der Waals surface area (Å²) >= 11 is 1.63. The van der Waals surface area contributed by atoms with Crippen LogP contribution in [0.15, 0.2) is 40.5 Å². The number of para-hydroxylation sites is 1. The summed E-state index contributed by atoms with van der Waals surface area (Å²) in [4.78, 5) is 9.90. The van der Waals surface area contributed by atoms with Crippen molar-refractivity contribution in [1.29, 1.82) is 0 Å². The Kier molecular flexibility index (Phi) is 5.87. The van der Waals surface area contributed by atoms with E-state index in [1.54, 1.807) is 25.2 Å². The highest BCUT2D eigenvalue weighted by atomic mass is 32.2. The summed E-state index contributed by atoms with van der Waals surface area (Å²) in [5.74, 6) is 1.81. The third-order valence-electron chi connectivity index (χ3n) is 3.03. The number of hydrogen-bond acceptors (Lipinski definition) is 5. The van der Waals surface area contributed by atoms with Crippen molar-refractivity contribution in [1.82, 2.24) is 9.97 Å². The molecule has 2 rings (SSSR count). The van der Waals surface area contributed by atoms with Gasteiger partial charge in [-0.2, -0.15) is 0 Å². The number of hydrogen-bond donors (Lipinski definition) is 1. The normalized spacial score (nSPS) is 10.4. The highest BCUT2D eigenvalue weighted by Crippen LogP contribution is 2.36. The molecule has 0 bridgehead atoms. The predicted octanol–water partition coefficient (Wildman–Crippen LogP) is 4.02. The van der Waals surface area contributed by atoms with E-state index in [0.717, 1.165) is 40.9 Å². The number of methoxy groups -OCH3 is 1. The van der Waals surface area contributed by atoms with Gasteiger partial charge in [0, 0.05) is 12.1 Å². The van der Waals surface area contributed by atoms with Gasteiger partial charge in [0.05, 0.1) is 12.0 Å². The van der Waals surface area contributed by atoms with Gasteiger partial charge in [-0.15, -0.1) is 0 Å². The summed E-state index contributed by atoms with van der Waals surface area (Å²) in [6.07, 6.45) is 3.64. The van der Waals surface area contributed by atoms with E-state index in [9.17, 15) is 0 Å². The Bertz CT molecular complexity index is 589. The van der Waals surface area contributed by atoms with Crippen LogP contribution in [0.4, 0.5) is 5.82 Å². The zero-order chi connectivity index (χ0) is 15.1. The van der Waals surface area contributed by atoms with Crippen LogP contribution in [-0.4, -0.2) is 23.6 Å². The minimum atomic E-state index is 0.854. The maximum atomic E-state index is 5.42. The lowest BCUT2D eigenvalue weighted by Gasteiger charge is -2.13. The molecule has 0 fully saturated rings. The number of rotatable bonds is 7. The van der Waals surface area contributed by atoms with Gasteiger partial charge in [0.1, 0.15) is 22.9 Å². The SMILES string of the molecule is CCCc1c(NCC)ncnc1Sc1ccccc1OC. The monoisotopic (exact) mass is 303 g/mol. The van der Waals surface area contributed by atoms with Gasteiger partial charge in [-0.1, -0.05) is 37.2 Å². The van der Waals surface area contributed by atoms with Crippen LogP contribution in [0.3, 0.4) is 0 Å². The predicted molar refractivity (Wildman–Crippen MR) is 87.3 cm³/mol. The molecule has 4 nitrogen and oxygen atoms in total. The largest absolute Gasteiger partial charge is 0.496 e. The molecule has 0 aliphatic carbocycles. The lowest BCUT2D eigenvalue weighted by atomic mass is 10.2. The highest BCUT2D eigenvalue weighted by molar-refractivity contribution is 7.99. The van der Waals surface area contributed by atoms with E-state index in [2.05, 4.69) is 29.1 Å². The third-order valence-corrected chi connectivity index (χ3v) is 4.13. The van der Waals surface area contributed by atoms with E-state index in [1.807, 2.05) is 24.3 Å². The quantitative estimate of drug-likeness (QED) is 0.783. The number of anilines is 1. The Labute approximate surface area is 130 Å². The molecule has 5 heteroatoms. The lowest BCUT2D eigenvalue weighted by molar-refractivity contribution is 0.405. The maximum absolute atomic E-state index is 5.42. The number of nitrogens with zero attached hydrogens (tertiary/aromatic N) is 2. The Morgan fingerprint density at radius 2 is 2.00 bits per heavy atom. The van der Waals surface area contributed by atoms with E-state index in [1.165, 1.54) is 5.56 Å². The summed E-state index contributed by atoms with van der Waals surface area (Å²) in [5.41, 5.74) is 1.18. The van der Waals surface area contributed by atoms with Crippen molar-refractivity contribution in [2.75, 3.05) is 19.0 Å². The molecule has 0 aliphatic heterocycles. The molecule has 0 saturated heterocycles. The second kappa shape index (κ2) is 7.88. The second-order valence-corrected chi connectivity index (χ2v) is 5.57. The van der Waals surface area contributed by atoms with Gasteiger partial charge in [-0.05, 0) is 25.5 Å². The molecule has 112 valence electrons. The van der Waals surface area contributed by atoms with Crippen LogP contribution in [0.25, 0.3) is 0 Å². The van der Waals surface area contributed by atoms with Gasteiger partial charge in [-0.3, -0.25) is 0 Å². The van der Waals surface area contributed by atoms with Crippen LogP contribution < -0.4 is 10.1 Å².